The molecule has 0 atom stereocenters. The van der Waals surface area contributed by atoms with Crippen LogP contribution in [0.25, 0.3) is 16.5 Å². The van der Waals surface area contributed by atoms with Gasteiger partial charge in [0.15, 0.2) is 0 Å². The van der Waals surface area contributed by atoms with Crippen molar-refractivity contribution >= 4 is 34.0 Å². The minimum atomic E-state index is -0.0824. The molecule has 0 unspecified atom stereocenters. The molecule has 0 saturated heterocycles. The number of nitrogens with zero attached hydrogens (tertiary/aromatic N) is 1. The number of methoxy groups -OCH3 is 1. The molecular formula is C20H17ClN2O2. The van der Waals surface area contributed by atoms with Crippen molar-refractivity contribution in [3.8, 4) is 5.75 Å². The van der Waals surface area contributed by atoms with E-state index in [2.05, 4.69) is 11.1 Å². The lowest BCUT2D eigenvalue weighted by atomic mass is 10.1. The van der Waals surface area contributed by atoms with E-state index in [0.717, 1.165) is 27.8 Å². The maximum absolute atomic E-state index is 12.9. The van der Waals surface area contributed by atoms with E-state index in [0.29, 0.717) is 23.8 Å². The predicted octanol–water partition coefficient (Wildman–Crippen LogP) is 4.37. The van der Waals surface area contributed by atoms with Crippen molar-refractivity contribution in [1.29, 1.82) is 0 Å². The van der Waals surface area contributed by atoms with Crippen LogP contribution in [0.15, 0.2) is 54.6 Å². The average Bonchev–Trinajstić information content (AvgIpc) is 3.27. The van der Waals surface area contributed by atoms with Crippen LogP contribution in [0.4, 0.5) is 0 Å². The summed E-state index contributed by atoms with van der Waals surface area (Å²) in [5.74, 6) is 0.737. The molecule has 4 rings (SSSR count). The Morgan fingerprint density at radius 2 is 1.92 bits per heavy atom. The fraction of sp³-hybridized carbons (Fsp3) is 0.150. The van der Waals surface area contributed by atoms with Gasteiger partial charge in [-0.25, -0.2) is 0 Å². The van der Waals surface area contributed by atoms with Crippen LogP contribution < -0.4 is 4.74 Å². The zero-order chi connectivity index (χ0) is 17.4. The Hall–Kier alpha value is -2.72. The Bertz CT molecular complexity index is 973. The highest BCUT2D eigenvalue weighted by Crippen LogP contribution is 2.30. The molecule has 4 nitrogen and oxygen atoms in total. The molecular weight excluding hydrogens is 336 g/mol. The summed E-state index contributed by atoms with van der Waals surface area (Å²) >= 11 is 6.41. The normalized spacial score (nSPS) is 14.0. The van der Waals surface area contributed by atoms with Gasteiger partial charge in [-0.3, -0.25) is 4.79 Å². The van der Waals surface area contributed by atoms with Gasteiger partial charge in [-0.2, -0.15) is 0 Å². The highest BCUT2D eigenvalue weighted by atomic mass is 35.5. The number of carbonyl (C=O) groups is 1. The number of rotatable bonds is 3. The van der Waals surface area contributed by atoms with Gasteiger partial charge in [0.25, 0.3) is 5.91 Å². The number of carbonyl (C=O) groups excluding carboxylic acids is 1. The third-order valence-electron chi connectivity index (χ3n) is 4.52. The minimum absolute atomic E-state index is 0.0824. The molecule has 1 amide bonds. The van der Waals surface area contributed by atoms with Gasteiger partial charge in [0.1, 0.15) is 11.4 Å². The van der Waals surface area contributed by atoms with Crippen LogP contribution in [0, 0.1) is 0 Å². The standard InChI is InChI=1S/C20H17ClN2O2/c1-25-15-8-6-13(7-9-15)14-10-11-23(12-14)20(24)19-18(21)16-4-2-3-5-17(16)22-19/h2-10,22H,11-12H2,1H3. The highest BCUT2D eigenvalue weighted by Gasteiger charge is 2.25. The summed E-state index contributed by atoms with van der Waals surface area (Å²) in [5.41, 5.74) is 3.55. The lowest BCUT2D eigenvalue weighted by Gasteiger charge is -2.16. The van der Waals surface area contributed by atoms with Gasteiger partial charge in [-0.15, -0.1) is 0 Å². The minimum Gasteiger partial charge on any atom is -0.497 e. The number of ether oxygens (including phenoxy) is 1. The van der Waals surface area contributed by atoms with Crippen LogP contribution in [0.2, 0.25) is 5.02 Å². The first-order valence-electron chi connectivity index (χ1n) is 8.06. The molecule has 1 aliphatic rings. The SMILES string of the molecule is COc1ccc(C2=CCN(C(=O)c3[nH]c4ccccc4c3Cl)C2)cc1. The van der Waals surface area contributed by atoms with Crippen molar-refractivity contribution in [3.05, 3.63) is 70.9 Å². The van der Waals surface area contributed by atoms with Gasteiger partial charge in [0.2, 0.25) is 0 Å². The van der Waals surface area contributed by atoms with Gasteiger partial charge < -0.3 is 14.6 Å². The van der Waals surface area contributed by atoms with Crippen molar-refractivity contribution in [3.63, 3.8) is 0 Å². The zero-order valence-corrected chi connectivity index (χ0v) is 14.5. The average molecular weight is 353 g/mol. The number of benzene rings is 2. The van der Waals surface area contributed by atoms with Crippen LogP contribution in [0.1, 0.15) is 16.1 Å². The molecule has 0 saturated carbocycles. The Balaban J connectivity index is 1.55. The first-order valence-corrected chi connectivity index (χ1v) is 8.44. The van der Waals surface area contributed by atoms with E-state index in [1.807, 2.05) is 48.5 Å². The summed E-state index contributed by atoms with van der Waals surface area (Å²) in [6.45, 7) is 1.14. The Morgan fingerprint density at radius 1 is 1.16 bits per heavy atom. The second-order valence-corrected chi connectivity index (χ2v) is 6.38. The Labute approximate surface area is 150 Å². The summed E-state index contributed by atoms with van der Waals surface area (Å²) in [5, 5.41) is 1.36. The number of hydrogen-bond donors (Lipinski definition) is 1. The molecule has 2 heterocycles. The van der Waals surface area contributed by atoms with Gasteiger partial charge in [-0.1, -0.05) is 48.0 Å². The van der Waals surface area contributed by atoms with Gasteiger partial charge in [0, 0.05) is 24.0 Å². The van der Waals surface area contributed by atoms with E-state index in [-0.39, 0.29) is 5.91 Å². The molecule has 1 aliphatic heterocycles. The lowest BCUT2D eigenvalue weighted by molar-refractivity contribution is 0.0797. The molecule has 0 aliphatic carbocycles. The van der Waals surface area contributed by atoms with Crippen LogP contribution in [-0.2, 0) is 0 Å². The number of aromatic nitrogens is 1. The van der Waals surface area contributed by atoms with Crippen molar-refractivity contribution in [2.24, 2.45) is 0 Å². The maximum atomic E-state index is 12.9. The molecule has 126 valence electrons. The largest absolute Gasteiger partial charge is 0.497 e. The number of nitrogens with one attached hydrogen (secondary N) is 1. The molecule has 0 bridgehead atoms. The Kier molecular flexibility index (Phi) is 3.98. The zero-order valence-electron chi connectivity index (χ0n) is 13.8. The van der Waals surface area contributed by atoms with Crippen LogP contribution in [0.3, 0.4) is 0 Å². The molecule has 0 fully saturated rings. The molecule has 25 heavy (non-hydrogen) atoms. The summed E-state index contributed by atoms with van der Waals surface area (Å²) in [4.78, 5) is 17.8. The fourth-order valence-corrected chi connectivity index (χ4v) is 3.43. The third kappa shape index (κ3) is 2.79. The van der Waals surface area contributed by atoms with Gasteiger partial charge in [0.05, 0.1) is 12.1 Å². The van der Waals surface area contributed by atoms with E-state index in [4.69, 9.17) is 16.3 Å². The van der Waals surface area contributed by atoms with Crippen molar-refractivity contribution in [1.82, 2.24) is 9.88 Å². The summed E-state index contributed by atoms with van der Waals surface area (Å²) in [6, 6.07) is 15.5. The van der Waals surface area contributed by atoms with E-state index in [1.54, 1.807) is 12.0 Å². The van der Waals surface area contributed by atoms with Crippen molar-refractivity contribution in [2.45, 2.75) is 0 Å². The van der Waals surface area contributed by atoms with Crippen LogP contribution in [-0.4, -0.2) is 36.0 Å². The first-order chi connectivity index (χ1) is 12.2. The molecule has 3 aromatic rings. The highest BCUT2D eigenvalue weighted by molar-refractivity contribution is 6.38. The molecule has 2 aromatic carbocycles. The van der Waals surface area contributed by atoms with Gasteiger partial charge in [-0.05, 0) is 29.3 Å². The number of fused-ring (bicyclic) bond motifs is 1. The number of para-hydroxylation sites is 1. The molecule has 1 aromatic heterocycles. The maximum Gasteiger partial charge on any atom is 0.272 e. The van der Waals surface area contributed by atoms with E-state index in [1.165, 1.54) is 0 Å². The van der Waals surface area contributed by atoms with E-state index in [9.17, 15) is 4.79 Å². The smallest absolute Gasteiger partial charge is 0.272 e. The summed E-state index contributed by atoms with van der Waals surface area (Å²) in [6.07, 6.45) is 2.08. The molecule has 0 radical (unpaired) electrons. The molecule has 5 heteroatoms. The summed E-state index contributed by atoms with van der Waals surface area (Å²) in [7, 11) is 1.65. The monoisotopic (exact) mass is 352 g/mol. The third-order valence-corrected chi connectivity index (χ3v) is 4.92. The number of hydrogen-bond acceptors (Lipinski definition) is 2. The first kappa shape index (κ1) is 15.8. The molecule has 0 spiro atoms. The lowest BCUT2D eigenvalue weighted by Crippen LogP contribution is -2.29. The second-order valence-electron chi connectivity index (χ2n) is 6.00. The number of halogens is 1. The van der Waals surface area contributed by atoms with Crippen LogP contribution in [0.5, 0.6) is 5.75 Å². The number of aromatic amines is 1. The fourth-order valence-electron chi connectivity index (χ4n) is 3.14. The van der Waals surface area contributed by atoms with E-state index < -0.39 is 0 Å². The molecule has 1 N–H and O–H groups in total. The van der Waals surface area contributed by atoms with Crippen LogP contribution >= 0.6 is 11.6 Å². The number of amides is 1. The van der Waals surface area contributed by atoms with Crippen molar-refractivity contribution in [2.75, 3.05) is 20.2 Å². The number of H-pyrrole nitrogens is 1. The second kappa shape index (κ2) is 6.30. The summed E-state index contributed by atoms with van der Waals surface area (Å²) < 4.78 is 5.19. The predicted molar refractivity (Wildman–Crippen MR) is 100 cm³/mol. The van der Waals surface area contributed by atoms with E-state index >= 15 is 0 Å². The topological polar surface area (TPSA) is 45.3 Å². The Morgan fingerprint density at radius 3 is 2.64 bits per heavy atom. The van der Waals surface area contributed by atoms with Gasteiger partial charge >= 0.3 is 0 Å². The quantitative estimate of drug-likeness (QED) is 0.760. The van der Waals surface area contributed by atoms with Crippen molar-refractivity contribution < 1.29 is 9.53 Å².